The van der Waals surface area contributed by atoms with E-state index in [2.05, 4.69) is 16.0 Å². The molecule has 6 amide bonds. The minimum absolute atomic E-state index is 0.124. The van der Waals surface area contributed by atoms with Crippen LogP contribution in [-0.2, 0) is 44.5 Å². The van der Waals surface area contributed by atoms with Gasteiger partial charge in [0.15, 0.2) is 0 Å². The molecule has 0 fully saturated rings. The molecule has 19 nitrogen and oxygen atoms in total. The van der Waals surface area contributed by atoms with Crippen LogP contribution in [0.15, 0.2) is 24.3 Å². The summed E-state index contributed by atoms with van der Waals surface area (Å²) in [5, 5.41) is 25.1. The molecule has 0 saturated carbocycles. The van der Waals surface area contributed by atoms with Gasteiger partial charge in [0.05, 0.1) is 6.04 Å². The van der Waals surface area contributed by atoms with Crippen LogP contribution < -0.4 is 33.2 Å². The van der Waals surface area contributed by atoms with E-state index in [0.29, 0.717) is 0 Å². The Kier molecular flexibility index (Phi) is 14.6. The third-order valence-corrected chi connectivity index (χ3v) is 7.32. The maximum absolute atomic E-state index is 13.7. The lowest BCUT2D eigenvalue weighted by Gasteiger charge is -2.34. The summed E-state index contributed by atoms with van der Waals surface area (Å²) in [7, 11) is -5.75. The maximum atomic E-state index is 13.7. The second-order valence-corrected chi connectivity index (χ2v) is 11.5. The molecule has 0 bridgehead atoms. The van der Waals surface area contributed by atoms with Gasteiger partial charge >= 0.3 is 13.7 Å². The lowest BCUT2D eigenvalue weighted by atomic mass is 10.0. The summed E-state index contributed by atoms with van der Waals surface area (Å²) in [6.07, 6.45) is -2.31. The van der Waals surface area contributed by atoms with E-state index < -0.39 is 98.6 Å². The summed E-state index contributed by atoms with van der Waals surface area (Å²) in [4.78, 5) is 107. The lowest BCUT2D eigenvalue weighted by molar-refractivity contribution is -0.142. The van der Waals surface area contributed by atoms with Crippen molar-refractivity contribution < 1.29 is 58.1 Å². The molecule has 5 atom stereocenters. The van der Waals surface area contributed by atoms with Crippen molar-refractivity contribution in [2.75, 3.05) is 0 Å². The Hall–Kier alpha value is -4.58. The van der Waals surface area contributed by atoms with Gasteiger partial charge in [0.2, 0.25) is 29.5 Å². The van der Waals surface area contributed by atoms with E-state index in [1.54, 1.807) is 0 Å². The highest BCUT2D eigenvalue weighted by molar-refractivity contribution is 7.50. The average Bonchev–Trinajstić information content (AvgIpc) is 2.93. The zero-order valence-electron chi connectivity index (χ0n) is 24.4. The number of hydrogen-bond donors (Lipinski definition) is 10. The van der Waals surface area contributed by atoms with Crippen LogP contribution in [0.2, 0.25) is 0 Å². The standard InChI is InChI=1S/C25H38N7O12P/c1-12(21(36)30-13(2)25(40)41)29-23(38)18(11-14-3-5-15(33)6-4-14)32(45(42,43)44)24(39)17(8-10-20(28)35)31-22(37)16(26)7-9-19(27)34/h3-6,12-13,16-18,33H,7-11,26H2,1-2H3,(H2,27,34)(H2,28,35)(H,29,38)(H,30,36)(H,31,37)(H,40,41)(H2,42,43,44). The van der Waals surface area contributed by atoms with Crippen molar-refractivity contribution in [1.29, 1.82) is 0 Å². The van der Waals surface area contributed by atoms with Gasteiger partial charge in [0.25, 0.3) is 5.91 Å². The van der Waals surface area contributed by atoms with E-state index in [-0.39, 0.29) is 28.8 Å². The van der Waals surface area contributed by atoms with Crippen molar-refractivity contribution in [2.24, 2.45) is 17.2 Å². The van der Waals surface area contributed by atoms with Crippen LogP contribution in [0, 0.1) is 0 Å². The first-order chi connectivity index (χ1) is 20.7. The summed E-state index contributed by atoms with van der Waals surface area (Å²) >= 11 is 0. The van der Waals surface area contributed by atoms with E-state index in [0.717, 1.165) is 13.8 Å². The van der Waals surface area contributed by atoms with Crippen LogP contribution in [-0.4, -0.2) is 96.3 Å². The molecule has 13 N–H and O–H groups in total. The van der Waals surface area contributed by atoms with Crippen LogP contribution in [0.25, 0.3) is 0 Å². The molecule has 0 radical (unpaired) electrons. The highest BCUT2D eigenvalue weighted by Gasteiger charge is 2.44. The first-order valence-electron chi connectivity index (χ1n) is 13.4. The second kappa shape index (κ2) is 17.0. The third-order valence-electron chi connectivity index (χ3n) is 6.28. The minimum Gasteiger partial charge on any atom is -0.508 e. The Labute approximate surface area is 257 Å². The molecule has 1 aromatic carbocycles. The molecular formula is C25H38N7O12P. The topological polar surface area (TPSA) is 335 Å². The Bertz CT molecular complexity index is 1320. The second-order valence-electron chi connectivity index (χ2n) is 10.1. The minimum atomic E-state index is -5.75. The number of phenolic OH excluding ortho intramolecular Hbond substituents is 1. The van der Waals surface area contributed by atoms with E-state index in [1.807, 2.05) is 0 Å². The van der Waals surface area contributed by atoms with Crippen LogP contribution >= 0.6 is 7.75 Å². The first-order valence-corrected chi connectivity index (χ1v) is 14.9. The van der Waals surface area contributed by atoms with Crippen molar-refractivity contribution >= 4 is 49.2 Å². The molecule has 1 aromatic rings. The molecular weight excluding hydrogens is 621 g/mol. The van der Waals surface area contributed by atoms with Gasteiger partial charge in [-0.1, -0.05) is 12.1 Å². The van der Waals surface area contributed by atoms with Crippen molar-refractivity contribution in [3.63, 3.8) is 0 Å². The van der Waals surface area contributed by atoms with E-state index >= 15 is 0 Å². The smallest absolute Gasteiger partial charge is 0.433 e. The summed E-state index contributed by atoms with van der Waals surface area (Å²) in [5.41, 5.74) is 16.1. The number of aliphatic carboxylic acids is 1. The van der Waals surface area contributed by atoms with Crippen LogP contribution in [0.1, 0.15) is 45.1 Å². The highest BCUT2D eigenvalue weighted by atomic mass is 31.2. The fourth-order valence-electron chi connectivity index (χ4n) is 3.80. The highest BCUT2D eigenvalue weighted by Crippen LogP contribution is 2.43. The molecule has 0 aliphatic heterocycles. The van der Waals surface area contributed by atoms with Crippen molar-refractivity contribution in [3.8, 4) is 5.75 Å². The molecule has 0 aromatic heterocycles. The van der Waals surface area contributed by atoms with Crippen molar-refractivity contribution in [1.82, 2.24) is 20.6 Å². The van der Waals surface area contributed by atoms with Crippen LogP contribution in [0.3, 0.4) is 0 Å². The summed E-state index contributed by atoms with van der Waals surface area (Å²) in [6.45, 7) is 2.29. The number of rotatable bonds is 18. The number of carbonyl (C=O) groups excluding carboxylic acids is 6. The van der Waals surface area contributed by atoms with E-state index in [9.17, 15) is 53.0 Å². The zero-order chi connectivity index (χ0) is 34.6. The van der Waals surface area contributed by atoms with E-state index in [1.165, 1.54) is 24.3 Å². The number of carboxylic acid groups (broad SMARTS) is 1. The number of carbonyl (C=O) groups is 7. The van der Waals surface area contributed by atoms with Crippen molar-refractivity contribution in [3.05, 3.63) is 29.8 Å². The number of carboxylic acids is 1. The number of nitrogens with zero attached hydrogens (tertiary/aromatic N) is 1. The molecule has 0 heterocycles. The predicted octanol–water partition coefficient (Wildman–Crippen LogP) is -3.34. The lowest BCUT2D eigenvalue weighted by Crippen LogP contribution is -2.58. The van der Waals surface area contributed by atoms with Gasteiger partial charge in [-0.3, -0.25) is 33.6 Å². The summed E-state index contributed by atoms with van der Waals surface area (Å²) in [5.74, 6) is -8.15. The Morgan fingerprint density at radius 2 is 1.33 bits per heavy atom. The molecule has 0 spiro atoms. The van der Waals surface area contributed by atoms with E-state index in [4.69, 9.17) is 22.3 Å². The molecule has 0 saturated heterocycles. The molecule has 45 heavy (non-hydrogen) atoms. The molecule has 0 aliphatic rings. The van der Waals surface area contributed by atoms with Gasteiger partial charge in [-0.25, -0.2) is 9.24 Å². The zero-order valence-corrected chi connectivity index (χ0v) is 25.3. The largest absolute Gasteiger partial charge is 0.508 e. The van der Waals surface area contributed by atoms with Gasteiger partial charge < -0.3 is 53.2 Å². The van der Waals surface area contributed by atoms with Gasteiger partial charge in [-0.2, -0.15) is 0 Å². The average molecular weight is 660 g/mol. The first kappa shape index (κ1) is 38.4. The number of aromatic hydroxyl groups is 1. The Balaban J connectivity index is 3.55. The predicted molar refractivity (Wildman–Crippen MR) is 154 cm³/mol. The SMILES string of the molecule is CC(NC(=O)C(C)NC(=O)C(Cc1ccc(O)cc1)N(C(=O)C(CCC(N)=O)NC(=O)C(N)CCC(N)=O)P(=O)(O)O)C(=O)O. The number of primary amides is 2. The van der Waals surface area contributed by atoms with Gasteiger partial charge in [0.1, 0.15) is 29.9 Å². The Morgan fingerprint density at radius 3 is 1.82 bits per heavy atom. The number of benzene rings is 1. The van der Waals surface area contributed by atoms with Crippen LogP contribution in [0.5, 0.6) is 5.75 Å². The monoisotopic (exact) mass is 659 g/mol. The van der Waals surface area contributed by atoms with Crippen molar-refractivity contribution in [2.45, 2.75) is 76.2 Å². The van der Waals surface area contributed by atoms with Crippen LogP contribution in [0.4, 0.5) is 0 Å². The fourth-order valence-corrected chi connectivity index (χ4v) is 4.74. The maximum Gasteiger partial charge on any atom is 0.433 e. The molecule has 250 valence electrons. The molecule has 0 aliphatic carbocycles. The number of hydrogen-bond acceptors (Lipinski definition) is 10. The summed E-state index contributed by atoms with van der Waals surface area (Å²) < 4.78 is 12.7. The molecule has 1 rings (SSSR count). The fraction of sp³-hybridized carbons (Fsp3) is 0.480. The quantitative estimate of drug-likeness (QED) is 0.0690. The Morgan fingerprint density at radius 1 is 0.822 bits per heavy atom. The number of phenols is 1. The number of nitrogens with one attached hydrogen (secondary N) is 3. The number of nitrogens with two attached hydrogens (primary N) is 3. The van der Waals surface area contributed by atoms with Gasteiger partial charge in [0, 0.05) is 19.3 Å². The van der Waals surface area contributed by atoms with Gasteiger partial charge in [-0.05, 0) is 44.4 Å². The normalized spacial score (nSPS) is 14.5. The number of amides is 6. The molecule has 20 heteroatoms. The third kappa shape index (κ3) is 12.9. The van der Waals surface area contributed by atoms with Gasteiger partial charge in [-0.15, -0.1) is 0 Å². The summed E-state index contributed by atoms with van der Waals surface area (Å²) in [6, 6.07) is -3.23. The molecule has 5 unspecified atom stereocenters.